The molecule has 1 N–H and O–H groups in total. The van der Waals surface area contributed by atoms with Crippen molar-refractivity contribution in [3.63, 3.8) is 0 Å². The second-order valence-corrected chi connectivity index (χ2v) is 8.21. The van der Waals surface area contributed by atoms with Gasteiger partial charge in [0.15, 0.2) is 0 Å². The Morgan fingerprint density at radius 2 is 1.82 bits per heavy atom. The molecule has 33 heavy (non-hydrogen) atoms. The van der Waals surface area contributed by atoms with Crippen LogP contribution in [-0.2, 0) is 17.9 Å². The minimum Gasteiger partial charge on any atom is -0.405 e. The number of para-hydroxylation sites is 1. The topological polar surface area (TPSA) is 73.2 Å². The highest BCUT2D eigenvalue weighted by molar-refractivity contribution is 7.22. The number of hydrogen-bond acceptors (Lipinski definition) is 5. The van der Waals surface area contributed by atoms with Crippen LogP contribution in [0.5, 0.6) is 5.75 Å². The van der Waals surface area contributed by atoms with Crippen LogP contribution in [0, 0.1) is 6.92 Å². The van der Waals surface area contributed by atoms with E-state index in [0.717, 1.165) is 16.0 Å². The Hall–Kier alpha value is -3.66. The first-order chi connectivity index (χ1) is 15.7. The average molecular weight is 473 g/mol. The summed E-state index contributed by atoms with van der Waals surface area (Å²) in [5.41, 5.74) is 1.56. The number of amides is 1. The standard InChI is InChI=1S/C23H18F3N3O3S/c1-14-19-21(33-20(14)15-7-3-2-4-8-15)28-13-29(22(19)31)12-18(30)27-11-16-9-5-6-10-17(16)32-23(24,25)26/h2-10,13H,11-12H2,1H3,(H,27,30). The fourth-order valence-corrected chi connectivity index (χ4v) is 4.56. The van der Waals surface area contributed by atoms with Gasteiger partial charge >= 0.3 is 6.36 Å². The Kier molecular flexibility index (Phi) is 6.19. The summed E-state index contributed by atoms with van der Waals surface area (Å²) >= 11 is 1.40. The number of hydrogen-bond donors (Lipinski definition) is 1. The summed E-state index contributed by atoms with van der Waals surface area (Å²) in [4.78, 5) is 31.3. The summed E-state index contributed by atoms with van der Waals surface area (Å²) in [7, 11) is 0. The molecular formula is C23H18F3N3O3S. The molecule has 4 rings (SSSR count). The molecular weight excluding hydrogens is 455 g/mol. The zero-order valence-electron chi connectivity index (χ0n) is 17.3. The fourth-order valence-electron chi connectivity index (χ4n) is 3.42. The molecule has 4 aromatic rings. The van der Waals surface area contributed by atoms with E-state index in [1.165, 1.54) is 46.5 Å². The van der Waals surface area contributed by atoms with Crippen LogP contribution in [-0.4, -0.2) is 21.8 Å². The van der Waals surface area contributed by atoms with E-state index in [4.69, 9.17) is 0 Å². The van der Waals surface area contributed by atoms with Gasteiger partial charge in [0.25, 0.3) is 5.56 Å². The number of aryl methyl sites for hydroxylation is 1. The quantitative estimate of drug-likeness (QED) is 0.443. The lowest BCUT2D eigenvalue weighted by Crippen LogP contribution is -2.32. The van der Waals surface area contributed by atoms with Crippen molar-refractivity contribution < 1.29 is 22.7 Å². The summed E-state index contributed by atoms with van der Waals surface area (Å²) in [6.45, 7) is 1.33. The van der Waals surface area contributed by atoms with E-state index >= 15 is 0 Å². The van der Waals surface area contributed by atoms with Gasteiger partial charge in [-0.15, -0.1) is 24.5 Å². The summed E-state index contributed by atoms with van der Waals surface area (Å²) in [6, 6.07) is 15.1. The van der Waals surface area contributed by atoms with Crippen LogP contribution in [0.4, 0.5) is 13.2 Å². The van der Waals surface area contributed by atoms with E-state index in [2.05, 4.69) is 15.0 Å². The number of rotatable bonds is 6. The van der Waals surface area contributed by atoms with E-state index in [0.29, 0.717) is 10.2 Å². The van der Waals surface area contributed by atoms with Gasteiger partial charge in [0.05, 0.1) is 11.7 Å². The van der Waals surface area contributed by atoms with Crippen molar-refractivity contribution in [3.8, 4) is 16.2 Å². The van der Waals surface area contributed by atoms with Gasteiger partial charge in [0, 0.05) is 17.0 Å². The third-order valence-electron chi connectivity index (χ3n) is 4.94. The Bertz CT molecular complexity index is 1360. The molecule has 0 saturated heterocycles. The maximum atomic E-state index is 13.0. The fraction of sp³-hybridized carbons (Fsp3) is 0.174. The molecule has 2 aromatic carbocycles. The molecule has 0 fully saturated rings. The van der Waals surface area contributed by atoms with Gasteiger partial charge in [-0.05, 0) is 24.1 Å². The van der Waals surface area contributed by atoms with Crippen molar-refractivity contribution in [1.29, 1.82) is 0 Å². The molecule has 0 spiro atoms. The zero-order chi connectivity index (χ0) is 23.6. The van der Waals surface area contributed by atoms with E-state index in [1.54, 1.807) is 0 Å². The lowest BCUT2D eigenvalue weighted by atomic mass is 10.1. The third-order valence-corrected chi connectivity index (χ3v) is 6.19. The van der Waals surface area contributed by atoms with Gasteiger partial charge in [-0.25, -0.2) is 4.98 Å². The number of alkyl halides is 3. The molecule has 0 unspecified atom stereocenters. The monoisotopic (exact) mass is 473 g/mol. The molecule has 170 valence electrons. The van der Waals surface area contributed by atoms with Crippen LogP contribution in [0.25, 0.3) is 20.7 Å². The predicted molar refractivity (Wildman–Crippen MR) is 119 cm³/mol. The summed E-state index contributed by atoms with van der Waals surface area (Å²) in [5.74, 6) is -0.941. The minimum atomic E-state index is -4.84. The number of aromatic nitrogens is 2. The number of carbonyl (C=O) groups is 1. The minimum absolute atomic E-state index is 0.158. The predicted octanol–water partition coefficient (Wildman–Crippen LogP) is 4.65. The van der Waals surface area contributed by atoms with Gasteiger partial charge in [0.1, 0.15) is 17.1 Å². The zero-order valence-corrected chi connectivity index (χ0v) is 18.2. The van der Waals surface area contributed by atoms with E-state index in [1.807, 2.05) is 37.3 Å². The first-order valence-corrected chi connectivity index (χ1v) is 10.7. The normalized spacial score (nSPS) is 11.5. The summed E-state index contributed by atoms with van der Waals surface area (Å²) < 4.78 is 42.9. The van der Waals surface area contributed by atoms with Crippen LogP contribution >= 0.6 is 11.3 Å². The van der Waals surface area contributed by atoms with E-state index in [-0.39, 0.29) is 24.2 Å². The largest absolute Gasteiger partial charge is 0.573 e. The number of fused-ring (bicyclic) bond motifs is 1. The number of nitrogens with one attached hydrogen (secondary N) is 1. The number of halogens is 3. The number of nitrogens with zero attached hydrogens (tertiary/aromatic N) is 2. The first kappa shape index (κ1) is 22.5. The Balaban J connectivity index is 1.52. The highest BCUT2D eigenvalue weighted by atomic mass is 32.1. The Labute approximate surface area is 190 Å². The van der Waals surface area contributed by atoms with Gasteiger partial charge in [0.2, 0.25) is 5.91 Å². The van der Waals surface area contributed by atoms with Gasteiger partial charge in [-0.2, -0.15) is 0 Å². The van der Waals surface area contributed by atoms with Crippen molar-refractivity contribution in [3.05, 3.63) is 82.4 Å². The molecule has 6 nitrogen and oxygen atoms in total. The number of carbonyl (C=O) groups excluding carboxylic acids is 1. The molecule has 10 heteroatoms. The molecule has 0 aliphatic heterocycles. The van der Waals surface area contributed by atoms with Crippen LogP contribution in [0.3, 0.4) is 0 Å². The molecule has 0 radical (unpaired) electrons. The van der Waals surface area contributed by atoms with Crippen molar-refractivity contribution in [2.75, 3.05) is 0 Å². The van der Waals surface area contributed by atoms with Gasteiger partial charge in [-0.1, -0.05) is 48.5 Å². The second-order valence-electron chi connectivity index (χ2n) is 7.21. The van der Waals surface area contributed by atoms with Crippen molar-refractivity contribution >= 4 is 27.5 Å². The SMILES string of the molecule is Cc1c(-c2ccccc2)sc2ncn(CC(=O)NCc3ccccc3OC(F)(F)F)c(=O)c12. The van der Waals surface area contributed by atoms with Crippen LogP contribution in [0.15, 0.2) is 65.7 Å². The first-order valence-electron chi connectivity index (χ1n) is 9.87. The molecule has 2 heterocycles. The van der Waals surface area contributed by atoms with E-state index in [9.17, 15) is 22.8 Å². The van der Waals surface area contributed by atoms with Crippen LogP contribution in [0.1, 0.15) is 11.1 Å². The summed E-state index contributed by atoms with van der Waals surface area (Å²) in [5, 5.41) is 2.97. The number of ether oxygens (including phenoxy) is 1. The van der Waals surface area contributed by atoms with Crippen LogP contribution in [0.2, 0.25) is 0 Å². The van der Waals surface area contributed by atoms with Crippen molar-refractivity contribution in [1.82, 2.24) is 14.9 Å². The van der Waals surface area contributed by atoms with E-state index < -0.39 is 18.0 Å². The molecule has 0 aliphatic rings. The third kappa shape index (κ3) is 5.06. The Morgan fingerprint density at radius 3 is 2.55 bits per heavy atom. The van der Waals surface area contributed by atoms with Crippen molar-refractivity contribution in [2.45, 2.75) is 26.4 Å². The van der Waals surface area contributed by atoms with Crippen LogP contribution < -0.4 is 15.6 Å². The molecule has 2 aromatic heterocycles. The van der Waals surface area contributed by atoms with Gasteiger partial charge < -0.3 is 10.1 Å². The maximum absolute atomic E-state index is 13.0. The maximum Gasteiger partial charge on any atom is 0.573 e. The lowest BCUT2D eigenvalue weighted by Gasteiger charge is -2.13. The highest BCUT2D eigenvalue weighted by Crippen LogP contribution is 2.35. The molecule has 0 bridgehead atoms. The number of benzene rings is 2. The average Bonchev–Trinajstić information content (AvgIpc) is 3.12. The molecule has 1 amide bonds. The molecule has 0 saturated carbocycles. The second kappa shape index (κ2) is 9.07. The van der Waals surface area contributed by atoms with Gasteiger partial charge in [-0.3, -0.25) is 14.2 Å². The lowest BCUT2D eigenvalue weighted by molar-refractivity contribution is -0.274. The highest BCUT2D eigenvalue weighted by Gasteiger charge is 2.32. The Morgan fingerprint density at radius 1 is 1.12 bits per heavy atom. The molecule has 0 atom stereocenters. The summed E-state index contributed by atoms with van der Waals surface area (Å²) in [6.07, 6.45) is -3.54. The smallest absolute Gasteiger partial charge is 0.405 e. The molecule has 0 aliphatic carbocycles. The van der Waals surface area contributed by atoms with Crippen molar-refractivity contribution in [2.24, 2.45) is 0 Å². The number of thiophene rings is 1.